The first-order valence-electron chi connectivity index (χ1n) is 10.9. The quantitative estimate of drug-likeness (QED) is 0.590. The SMILES string of the molecule is CCN(c1ccccc1)S(=O)(=O)c1cc(C(=O)OCC(=O)N2CCCCC2C)ccc1C. The van der Waals surface area contributed by atoms with Crippen LogP contribution < -0.4 is 4.31 Å². The van der Waals surface area contributed by atoms with E-state index in [-0.39, 0.29) is 35.6 Å². The molecule has 8 heteroatoms. The minimum absolute atomic E-state index is 0.0358. The van der Waals surface area contributed by atoms with Gasteiger partial charge >= 0.3 is 5.97 Å². The Labute approximate surface area is 190 Å². The van der Waals surface area contributed by atoms with E-state index in [2.05, 4.69) is 0 Å². The lowest BCUT2D eigenvalue weighted by Crippen LogP contribution is -2.44. The number of hydrogen-bond acceptors (Lipinski definition) is 5. The van der Waals surface area contributed by atoms with E-state index in [1.165, 1.54) is 16.4 Å². The molecule has 1 fully saturated rings. The van der Waals surface area contributed by atoms with Crippen LogP contribution in [0.3, 0.4) is 0 Å². The smallest absolute Gasteiger partial charge is 0.338 e. The number of anilines is 1. The summed E-state index contributed by atoms with van der Waals surface area (Å²) in [4.78, 5) is 26.8. The maximum atomic E-state index is 13.4. The number of ether oxygens (including phenoxy) is 1. The molecule has 0 bridgehead atoms. The van der Waals surface area contributed by atoms with Crippen LogP contribution in [0.25, 0.3) is 0 Å². The molecule has 0 aromatic heterocycles. The summed E-state index contributed by atoms with van der Waals surface area (Å²) in [5, 5.41) is 0. The van der Waals surface area contributed by atoms with E-state index in [0.717, 1.165) is 19.3 Å². The second kappa shape index (κ2) is 10.2. The van der Waals surface area contributed by atoms with Crippen LogP contribution in [0.15, 0.2) is 53.4 Å². The first-order chi connectivity index (χ1) is 15.3. The van der Waals surface area contributed by atoms with Crippen LogP contribution in [-0.4, -0.2) is 50.9 Å². The van der Waals surface area contributed by atoms with E-state index in [1.54, 1.807) is 49.1 Å². The van der Waals surface area contributed by atoms with Crippen LogP contribution in [0.5, 0.6) is 0 Å². The van der Waals surface area contributed by atoms with Gasteiger partial charge in [0, 0.05) is 19.1 Å². The molecule has 1 atom stereocenters. The van der Waals surface area contributed by atoms with E-state index in [0.29, 0.717) is 17.8 Å². The molecule has 0 N–H and O–H groups in total. The molecule has 1 unspecified atom stereocenters. The molecule has 2 aromatic rings. The Morgan fingerprint density at radius 2 is 1.84 bits per heavy atom. The number of benzene rings is 2. The average Bonchev–Trinajstić information content (AvgIpc) is 2.78. The molecule has 2 aromatic carbocycles. The standard InChI is InChI=1S/C24H30N2O5S/c1-4-26(21-11-6-5-7-12-21)32(29,30)22-16-20(14-13-18(22)2)24(28)31-17-23(27)25-15-9-8-10-19(25)3/h5-7,11-14,16,19H,4,8-10,15,17H2,1-3H3. The van der Waals surface area contributed by atoms with Crippen molar-refractivity contribution in [1.82, 2.24) is 4.90 Å². The van der Waals surface area contributed by atoms with E-state index < -0.39 is 16.0 Å². The van der Waals surface area contributed by atoms with Gasteiger partial charge in [0.25, 0.3) is 15.9 Å². The van der Waals surface area contributed by atoms with E-state index >= 15 is 0 Å². The zero-order chi connectivity index (χ0) is 23.3. The lowest BCUT2D eigenvalue weighted by atomic mass is 10.0. The molecule has 0 radical (unpaired) electrons. The van der Waals surface area contributed by atoms with Crippen LogP contribution in [0.4, 0.5) is 5.69 Å². The monoisotopic (exact) mass is 458 g/mol. The maximum Gasteiger partial charge on any atom is 0.338 e. The molecule has 7 nitrogen and oxygen atoms in total. The van der Waals surface area contributed by atoms with E-state index in [4.69, 9.17) is 4.74 Å². The van der Waals surface area contributed by atoms with Gasteiger partial charge < -0.3 is 9.64 Å². The maximum absolute atomic E-state index is 13.4. The van der Waals surface area contributed by atoms with Crippen LogP contribution >= 0.6 is 0 Å². The fraction of sp³-hybridized carbons (Fsp3) is 0.417. The molecule has 3 rings (SSSR count). The number of sulfonamides is 1. The molecule has 0 saturated carbocycles. The number of nitrogens with zero attached hydrogens (tertiary/aromatic N) is 2. The molecule has 1 aliphatic rings. The molecule has 1 amide bonds. The number of esters is 1. The van der Waals surface area contributed by atoms with Gasteiger partial charge in [0.1, 0.15) is 0 Å². The fourth-order valence-corrected chi connectivity index (χ4v) is 5.70. The second-order valence-electron chi connectivity index (χ2n) is 7.99. The van der Waals surface area contributed by atoms with Crippen molar-refractivity contribution in [2.24, 2.45) is 0 Å². The van der Waals surface area contributed by atoms with Crippen molar-refractivity contribution in [3.63, 3.8) is 0 Å². The van der Waals surface area contributed by atoms with E-state index in [9.17, 15) is 18.0 Å². The van der Waals surface area contributed by atoms with Crippen LogP contribution in [0.2, 0.25) is 0 Å². The number of carbonyl (C=O) groups excluding carboxylic acids is 2. The largest absolute Gasteiger partial charge is 0.452 e. The van der Waals surface area contributed by atoms with E-state index in [1.807, 2.05) is 13.0 Å². The molecule has 0 spiro atoms. The highest BCUT2D eigenvalue weighted by Crippen LogP contribution is 2.26. The summed E-state index contributed by atoms with van der Waals surface area (Å²) < 4.78 is 33.3. The molecule has 1 heterocycles. The summed E-state index contributed by atoms with van der Waals surface area (Å²) in [5.74, 6) is -0.950. The average molecular weight is 459 g/mol. The number of carbonyl (C=O) groups is 2. The summed E-state index contributed by atoms with van der Waals surface area (Å²) in [6, 6.07) is 13.4. The zero-order valence-corrected chi connectivity index (χ0v) is 19.6. The summed E-state index contributed by atoms with van der Waals surface area (Å²) >= 11 is 0. The van der Waals surface area contributed by atoms with Crippen molar-refractivity contribution in [1.29, 1.82) is 0 Å². The highest BCUT2D eigenvalue weighted by molar-refractivity contribution is 7.92. The van der Waals surface area contributed by atoms with Gasteiger partial charge in [-0.1, -0.05) is 24.3 Å². The van der Waals surface area contributed by atoms with Gasteiger partial charge in [-0.15, -0.1) is 0 Å². The van der Waals surface area contributed by atoms with Gasteiger partial charge in [-0.2, -0.15) is 0 Å². The minimum Gasteiger partial charge on any atom is -0.452 e. The Bertz CT molecular complexity index is 1070. The summed E-state index contributed by atoms with van der Waals surface area (Å²) in [6.07, 6.45) is 2.97. The summed E-state index contributed by atoms with van der Waals surface area (Å²) in [5.41, 5.74) is 1.16. The topological polar surface area (TPSA) is 84.0 Å². The third kappa shape index (κ3) is 5.12. The van der Waals surface area contributed by atoms with Crippen molar-refractivity contribution in [2.45, 2.75) is 51.0 Å². The lowest BCUT2D eigenvalue weighted by molar-refractivity contribution is -0.137. The second-order valence-corrected chi connectivity index (χ2v) is 9.82. The Morgan fingerprint density at radius 1 is 1.12 bits per heavy atom. The predicted molar refractivity (Wildman–Crippen MR) is 123 cm³/mol. The highest BCUT2D eigenvalue weighted by atomic mass is 32.2. The first-order valence-corrected chi connectivity index (χ1v) is 12.3. The number of para-hydroxylation sites is 1. The highest BCUT2D eigenvalue weighted by Gasteiger charge is 2.27. The minimum atomic E-state index is -3.90. The molecular formula is C24H30N2O5S. The zero-order valence-electron chi connectivity index (χ0n) is 18.8. The van der Waals surface area contributed by atoms with Crippen molar-refractivity contribution < 1.29 is 22.7 Å². The molecule has 32 heavy (non-hydrogen) atoms. The van der Waals surface area contributed by atoms with Crippen molar-refractivity contribution in [3.8, 4) is 0 Å². The Balaban J connectivity index is 1.78. The van der Waals surface area contributed by atoms with Crippen LogP contribution in [0, 0.1) is 6.92 Å². The van der Waals surface area contributed by atoms with Crippen molar-refractivity contribution in [3.05, 3.63) is 59.7 Å². The third-order valence-corrected chi connectivity index (χ3v) is 7.82. The predicted octanol–water partition coefficient (Wildman–Crippen LogP) is 3.77. The van der Waals surface area contributed by atoms with Gasteiger partial charge in [0.2, 0.25) is 0 Å². The number of piperidine rings is 1. The molecule has 1 saturated heterocycles. The number of rotatable bonds is 7. The van der Waals surface area contributed by atoms with Crippen LogP contribution in [-0.2, 0) is 19.6 Å². The molecule has 0 aliphatic carbocycles. The Morgan fingerprint density at radius 3 is 2.50 bits per heavy atom. The van der Waals surface area contributed by atoms with Gasteiger partial charge in [0.05, 0.1) is 16.1 Å². The number of hydrogen-bond donors (Lipinski definition) is 0. The lowest BCUT2D eigenvalue weighted by Gasteiger charge is -2.33. The van der Waals surface area contributed by atoms with Gasteiger partial charge in [-0.3, -0.25) is 9.10 Å². The Hall–Kier alpha value is -2.87. The number of likely N-dealkylation sites (tertiary alicyclic amines) is 1. The van der Waals surface area contributed by atoms with Crippen molar-refractivity contribution >= 4 is 27.6 Å². The number of amides is 1. The summed E-state index contributed by atoms with van der Waals surface area (Å²) in [6.45, 7) is 5.97. The van der Waals surface area contributed by atoms with Crippen LogP contribution in [0.1, 0.15) is 49.0 Å². The third-order valence-electron chi connectivity index (χ3n) is 5.77. The molecule has 172 valence electrons. The molecule has 1 aliphatic heterocycles. The van der Waals surface area contributed by atoms with Crippen molar-refractivity contribution in [2.75, 3.05) is 24.0 Å². The number of aryl methyl sites for hydroxylation is 1. The Kier molecular flexibility index (Phi) is 7.56. The van der Waals surface area contributed by atoms with Gasteiger partial charge in [0.15, 0.2) is 6.61 Å². The molecular weight excluding hydrogens is 428 g/mol. The first kappa shape index (κ1) is 23.8. The van der Waals surface area contributed by atoms with Gasteiger partial charge in [-0.05, 0) is 69.9 Å². The normalized spacial score (nSPS) is 16.5. The fourth-order valence-electron chi connectivity index (χ4n) is 3.97. The van der Waals surface area contributed by atoms with Gasteiger partial charge in [-0.25, -0.2) is 13.2 Å². The summed E-state index contributed by atoms with van der Waals surface area (Å²) in [7, 11) is -3.90.